The highest BCUT2D eigenvalue weighted by Gasteiger charge is 2.20. The molecule has 0 unspecified atom stereocenters. The number of benzene rings is 1. The summed E-state index contributed by atoms with van der Waals surface area (Å²) >= 11 is 1.52. The molecule has 2 aromatic heterocycles. The Hall–Kier alpha value is -3.00. The number of aromatic nitrogens is 2. The number of carbonyl (C=O) groups is 2. The normalized spacial score (nSPS) is 11.9. The van der Waals surface area contributed by atoms with Crippen LogP contribution in [0.2, 0.25) is 0 Å². The van der Waals surface area contributed by atoms with Crippen LogP contribution in [0, 0.1) is 0 Å². The average molecular weight is 385 g/mol. The second kappa shape index (κ2) is 9.09. The number of carbonyl (C=O) groups excluding carboxylic acids is 1. The Morgan fingerprint density at radius 3 is 2.70 bits per heavy atom. The van der Waals surface area contributed by atoms with Crippen LogP contribution in [0.4, 0.5) is 0 Å². The molecule has 140 valence electrons. The van der Waals surface area contributed by atoms with Crippen molar-refractivity contribution in [1.29, 1.82) is 0 Å². The van der Waals surface area contributed by atoms with Gasteiger partial charge in [-0.3, -0.25) is 4.79 Å². The second-order valence-electron chi connectivity index (χ2n) is 5.99. The van der Waals surface area contributed by atoms with Crippen molar-refractivity contribution in [3.63, 3.8) is 0 Å². The summed E-state index contributed by atoms with van der Waals surface area (Å²) in [5.74, 6) is -0.357. The summed E-state index contributed by atoms with van der Waals surface area (Å²) in [6.07, 6.45) is 1.39. The first-order valence-corrected chi connectivity index (χ1v) is 9.42. The molecule has 1 atom stereocenters. The minimum atomic E-state index is -1.05. The Morgan fingerprint density at radius 1 is 1.19 bits per heavy atom. The van der Waals surface area contributed by atoms with Crippen molar-refractivity contribution in [3.8, 4) is 10.7 Å². The summed E-state index contributed by atoms with van der Waals surface area (Å²) in [5.41, 5.74) is 0.858. The Morgan fingerprint density at radius 2 is 2.00 bits per heavy atom. The molecule has 2 N–H and O–H groups in total. The highest BCUT2D eigenvalue weighted by Crippen LogP contribution is 2.21. The largest absolute Gasteiger partial charge is 0.480 e. The first kappa shape index (κ1) is 18.8. The fourth-order valence-electron chi connectivity index (χ4n) is 2.58. The lowest BCUT2D eigenvalue weighted by Gasteiger charge is -2.14. The van der Waals surface area contributed by atoms with Crippen LogP contribution in [0.1, 0.15) is 24.3 Å². The van der Waals surface area contributed by atoms with Crippen molar-refractivity contribution in [2.75, 3.05) is 0 Å². The van der Waals surface area contributed by atoms with Crippen LogP contribution in [0.25, 0.3) is 10.7 Å². The van der Waals surface area contributed by atoms with Gasteiger partial charge in [0.25, 0.3) is 0 Å². The number of hydrogen-bond acceptors (Lipinski definition) is 6. The maximum atomic E-state index is 12.1. The quantitative estimate of drug-likeness (QED) is 0.587. The topological polar surface area (TPSA) is 105 Å². The molecule has 1 aromatic carbocycles. The van der Waals surface area contributed by atoms with Crippen molar-refractivity contribution >= 4 is 23.2 Å². The number of nitrogens with one attached hydrogen (secondary N) is 1. The Balaban J connectivity index is 1.46. The lowest BCUT2D eigenvalue weighted by atomic mass is 10.1. The standard InChI is InChI=1S/C19H19N3O4S/c23-16(20-14(19(24)25)12-13-6-2-1-3-7-13)9-4-10-17-21-18(22-26-17)15-8-5-11-27-15/h1-3,5-8,11,14H,4,9-10,12H2,(H,20,23)(H,24,25)/t14-/m1/s1. The highest BCUT2D eigenvalue weighted by atomic mass is 32.1. The first-order valence-electron chi connectivity index (χ1n) is 8.54. The molecule has 0 aliphatic heterocycles. The van der Waals surface area contributed by atoms with Gasteiger partial charge in [0.1, 0.15) is 6.04 Å². The van der Waals surface area contributed by atoms with Gasteiger partial charge in [-0.05, 0) is 23.4 Å². The average Bonchev–Trinajstić information content (AvgIpc) is 3.33. The van der Waals surface area contributed by atoms with Crippen LogP contribution in [-0.4, -0.2) is 33.2 Å². The number of carboxylic acids is 1. The van der Waals surface area contributed by atoms with E-state index in [1.165, 1.54) is 11.3 Å². The number of rotatable bonds is 9. The molecule has 0 aliphatic carbocycles. The number of carboxylic acid groups (broad SMARTS) is 1. The van der Waals surface area contributed by atoms with Gasteiger partial charge in [0, 0.05) is 19.3 Å². The third-order valence-electron chi connectivity index (χ3n) is 3.92. The molecule has 0 radical (unpaired) electrons. The van der Waals surface area contributed by atoms with E-state index in [2.05, 4.69) is 15.5 Å². The predicted octanol–water partition coefficient (Wildman–Crippen LogP) is 2.93. The van der Waals surface area contributed by atoms with Gasteiger partial charge in [-0.2, -0.15) is 4.98 Å². The molecule has 2 heterocycles. The summed E-state index contributed by atoms with van der Waals surface area (Å²) in [6, 6.07) is 12.1. The number of thiophene rings is 1. The molecule has 0 saturated carbocycles. The number of nitrogens with zero attached hydrogens (tertiary/aromatic N) is 2. The molecule has 0 fully saturated rings. The van der Waals surface area contributed by atoms with E-state index in [4.69, 9.17) is 4.52 Å². The predicted molar refractivity (Wildman–Crippen MR) is 100 cm³/mol. The van der Waals surface area contributed by atoms with E-state index in [-0.39, 0.29) is 18.7 Å². The van der Waals surface area contributed by atoms with Crippen LogP contribution in [0.15, 0.2) is 52.4 Å². The molecule has 3 rings (SSSR count). The van der Waals surface area contributed by atoms with Gasteiger partial charge in [-0.1, -0.05) is 41.6 Å². The van der Waals surface area contributed by atoms with Crippen molar-refractivity contribution < 1.29 is 19.2 Å². The number of hydrogen-bond donors (Lipinski definition) is 2. The SMILES string of the molecule is O=C(CCCc1nc(-c2cccs2)no1)N[C@H](Cc1ccccc1)C(=O)O. The molecule has 27 heavy (non-hydrogen) atoms. The second-order valence-corrected chi connectivity index (χ2v) is 6.94. The molecule has 7 nitrogen and oxygen atoms in total. The summed E-state index contributed by atoms with van der Waals surface area (Å²) in [6.45, 7) is 0. The van der Waals surface area contributed by atoms with E-state index >= 15 is 0 Å². The molecule has 8 heteroatoms. The Kier molecular flexibility index (Phi) is 6.32. The maximum absolute atomic E-state index is 12.1. The molecule has 1 amide bonds. The van der Waals surface area contributed by atoms with Crippen LogP contribution in [0.3, 0.4) is 0 Å². The van der Waals surface area contributed by atoms with Gasteiger partial charge >= 0.3 is 5.97 Å². The molecule has 0 saturated heterocycles. The van der Waals surface area contributed by atoms with E-state index in [1.807, 2.05) is 47.8 Å². The summed E-state index contributed by atoms with van der Waals surface area (Å²) in [7, 11) is 0. The fraction of sp³-hybridized carbons (Fsp3) is 0.263. The molecular weight excluding hydrogens is 366 g/mol. The molecular formula is C19H19N3O4S. The third-order valence-corrected chi connectivity index (χ3v) is 4.79. The molecule has 0 spiro atoms. The number of amides is 1. The summed E-state index contributed by atoms with van der Waals surface area (Å²) in [5, 5.41) is 17.8. The Bertz CT molecular complexity index is 878. The van der Waals surface area contributed by atoms with Crippen molar-refractivity contribution in [2.24, 2.45) is 0 Å². The number of aryl methyl sites for hydroxylation is 1. The van der Waals surface area contributed by atoms with E-state index in [0.29, 0.717) is 24.6 Å². The molecule has 0 bridgehead atoms. The van der Waals surface area contributed by atoms with Gasteiger partial charge in [0.15, 0.2) is 0 Å². The van der Waals surface area contributed by atoms with E-state index in [1.54, 1.807) is 0 Å². The third kappa shape index (κ3) is 5.49. The van der Waals surface area contributed by atoms with Crippen molar-refractivity contribution in [3.05, 3.63) is 59.3 Å². The first-order chi connectivity index (χ1) is 13.1. The van der Waals surface area contributed by atoms with E-state index in [9.17, 15) is 14.7 Å². The Labute approximate surface area is 160 Å². The zero-order valence-corrected chi connectivity index (χ0v) is 15.3. The van der Waals surface area contributed by atoms with Crippen LogP contribution in [-0.2, 0) is 22.4 Å². The molecule has 0 aliphatic rings. The van der Waals surface area contributed by atoms with Crippen molar-refractivity contribution in [2.45, 2.75) is 31.7 Å². The van der Waals surface area contributed by atoms with Gasteiger partial charge in [-0.15, -0.1) is 11.3 Å². The van der Waals surface area contributed by atoms with Crippen LogP contribution < -0.4 is 5.32 Å². The molecule has 3 aromatic rings. The van der Waals surface area contributed by atoms with Crippen LogP contribution in [0.5, 0.6) is 0 Å². The fourth-order valence-corrected chi connectivity index (χ4v) is 3.23. The lowest BCUT2D eigenvalue weighted by molar-refractivity contribution is -0.141. The zero-order chi connectivity index (χ0) is 19.1. The zero-order valence-electron chi connectivity index (χ0n) is 14.5. The van der Waals surface area contributed by atoms with Gasteiger partial charge in [0.2, 0.25) is 17.6 Å². The minimum absolute atomic E-state index is 0.190. The highest BCUT2D eigenvalue weighted by molar-refractivity contribution is 7.13. The summed E-state index contributed by atoms with van der Waals surface area (Å²) in [4.78, 5) is 28.7. The monoisotopic (exact) mass is 385 g/mol. The maximum Gasteiger partial charge on any atom is 0.326 e. The van der Waals surface area contributed by atoms with Crippen LogP contribution >= 0.6 is 11.3 Å². The van der Waals surface area contributed by atoms with Crippen molar-refractivity contribution in [1.82, 2.24) is 15.5 Å². The van der Waals surface area contributed by atoms with Gasteiger partial charge in [0.05, 0.1) is 4.88 Å². The summed E-state index contributed by atoms with van der Waals surface area (Å²) < 4.78 is 5.19. The smallest absolute Gasteiger partial charge is 0.326 e. The lowest BCUT2D eigenvalue weighted by Crippen LogP contribution is -2.42. The number of aliphatic carboxylic acids is 1. The minimum Gasteiger partial charge on any atom is -0.480 e. The van der Waals surface area contributed by atoms with Gasteiger partial charge < -0.3 is 14.9 Å². The van der Waals surface area contributed by atoms with E-state index in [0.717, 1.165) is 10.4 Å². The van der Waals surface area contributed by atoms with Gasteiger partial charge in [-0.25, -0.2) is 4.79 Å². The van der Waals surface area contributed by atoms with E-state index < -0.39 is 12.0 Å².